The average Bonchev–Trinajstić information content (AvgIpc) is 2.41. The van der Waals surface area contributed by atoms with Gasteiger partial charge < -0.3 is 5.43 Å². The molecule has 1 aromatic heterocycles. The van der Waals surface area contributed by atoms with Gasteiger partial charge in [0.15, 0.2) is 5.82 Å². The van der Waals surface area contributed by atoms with E-state index >= 15 is 0 Å². The number of anilines is 1. The van der Waals surface area contributed by atoms with Gasteiger partial charge in [0.25, 0.3) is 0 Å². The Morgan fingerprint density at radius 3 is 2.53 bits per heavy atom. The number of nitrogens with zero attached hydrogens (tertiary/aromatic N) is 2. The normalized spacial score (nSPS) is 10.8. The summed E-state index contributed by atoms with van der Waals surface area (Å²) >= 11 is 0. The number of aryl methyl sites for hydroxylation is 1. The molecule has 2 aromatic rings. The summed E-state index contributed by atoms with van der Waals surface area (Å²) in [5.74, 6) is 7.20. The molecule has 0 unspecified atom stereocenters. The third-order valence-corrected chi connectivity index (χ3v) is 3.33. The Labute approximate surface area is 114 Å². The number of hydrogen-bond acceptors (Lipinski definition) is 4. The zero-order valence-corrected chi connectivity index (χ0v) is 11.9. The van der Waals surface area contributed by atoms with Gasteiger partial charge in [-0.3, -0.25) is 0 Å². The Morgan fingerprint density at radius 1 is 1.16 bits per heavy atom. The van der Waals surface area contributed by atoms with Gasteiger partial charge in [-0.2, -0.15) is 0 Å². The summed E-state index contributed by atoms with van der Waals surface area (Å²) in [5.41, 5.74) is 7.09. The predicted molar refractivity (Wildman–Crippen MR) is 78.8 cm³/mol. The SMILES string of the molecule is Cc1cccc(-c2nc(NN)cc(C(C)C)n2)c1C. The van der Waals surface area contributed by atoms with Gasteiger partial charge in [-0.25, -0.2) is 15.8 Å². The smallest absolute Gasteiger partial charge is 0.162 e. The van der Waals surface area contributed by atoms with E-state index in [-0.39, 0.29) is 0 Å². The minimum Gasteiger partial charge on any atom is -0.308 e. The second-order valence-corrected chi connectivity index (χ2v) is 5.05. The Morgan fingerprint density at radius 2 is 1.89 bits per heavy atom. The van der Waals surface area contributed by atoms with Gasteiger partial charge in [0.05, 0.1) is 0 Å². The van der Waals surface area contributed by atoms with Crippen LogP contribution in [0.5, 0.6) is 0 Å². The molecule has 1 aromatic carbocycles. The van der Waals surface area contributed by atoms with Crippen molar-refractivity contribution in [2.45, 2.75) is 33.6 Å². The summed E-state index contributed by atoms with van der Waals surface area (Å²) in [5, 5.41) is 0. The molecular formula is C15H20N4. The molecule has 0 spiro atoms. The van der Waals surface area contributed by atoms with Crippen LogP contribution in [0.2, 0.25) is 0 Å². The minimum absolute atomic E-state index is 0.332. The van der Waals surface area contributed by atoms with Crippen LogP contribution in [0.15, 0.2) is 24.3 Å². The highest BCUT2D eigenvalue weighted by Gasteiger charge is 2.11. The van der Waals surface area contributed by atoms with Crippen molar-refractivity contribution in [3.05, 3.63) is 41.1 Å². The van der Waals surface area contributed by atoms with Gasteiger partial charge in [-0.05, 0) is 30.9 Å². The van der Waals surface area contributed by atoms with Gasteiger partial charge in [0, 0.05) is 17.3 Å². The topological polar surface area (TPSA) is 63.8 Å². The molecule has 4 nitrogen and oxygen atoms in total. The Bertz CT molecular complexity index is 591. The van der Waals surface area contributed by atoms with Crippen LogP contribution in [0.1, 0.15) is 36.6 Å². The first-order valence-corrected chi connectivity index (χ1v) is 6.45. The molecule has 4 heteroatoms. The van der Waals surface area contributed by atoms with E-state index in [4.69, 9.17) is 5.84 Å². The van der Waals surface area contributed by atoms with Crippen LogP contribution in [0.3, 0.4) is 0 Å². The van der Waals surface area contributed by atoms with Gasteiger partial charge >= 0.3 is 0 Å². The van der Waals surface area contributed by atoms with Crippen molar-refractivity contribution in [2.75, 3.05) is 5.43 Å². The van der Waals surface area contributed by atoms with E-state index in [1.54, 1.807) is 0 Å². The van der Waals surface area contributed by atoms with Gasteiger partial charge in [0.1, 0.15) is 5.82 Å². The largest absolute Gasteiger partial charge is 0.308 e. The summed E-state index contributed by atoms with van der Waals surface area (Å²) in [6.07, 6.45) is 0. The van der Waals surface area contributed by atoms with E-state index < -0.39 is 0 Å². The summed E-state index contributed by atoms with van der Waals surface area (Å²) < 4.78 is 0. The van der Waals surface area contributed by atoms with Crippen LogP contribution in [0, 0.1) is 13.8 Å². The first kappa shape index (κ1) is 13.5. The average molecular weight is 256 g/mol. The summed E-state index contributed by atoms with van der Waals surface area (Å²) in [7, 11) is 0. The molecule has 3 N–H and O–H groups in total. The molecule has 0 radical (unpaired) electrons. The minimum atomic E-state index is 0.332. The lowest BCUT2D eigenvalue weighted by molar-refractivity contribution is 0.817. The number of aromatic nitrogens is 2. The lowest BCUT2D eigenvalue weighted by Gasteiger charge is -2.12. The first-order chi connectivity index (χ1) is 9.02. The third-order valence-electron chi connectivity index (χ3n) is 3.33. The van der Waals surface area contributed by atoms with E-state index in [2.05, 4.69) is 49.2 Å². The molecule has 0 aliphatic rings. The highest BCUT2D eigenvalue weighted by molar-refractivity contribution is 5.63. The van der Waals surface area contributed by atoms with Gasteiger partial charge in [0.2, 0.25) is 0 Å². The van der Waals surface area contributed by atoms with Crippen molar-refractivity contribution < 1.29 is 0 Å². The number of nitrogens with one attached hydrogen (secondary N) is 1. The Kier molecular flexibility index (Phi) is 3.81. The van der Waals surface area contributed by atoms with Gasteiger partial charge in [-0.15, -0.1) is 0 Å². The second-order valence-electron chi connectivity index (χ2n) is 5.05. The van der Waals surface area contributed by atoms with Crippen LogP contribution in [-0.2, 0) is 0 Å². The number of nitrogens with two attached hydrogens (primary N) is 1. The fourth-order valence-electron chi connectivity index (χ4n) is 1.95. The molecule has 1 heterocycles. The molecule has 100 valence electrons. The number of hydrogen-bond donors (Lipinski definition) is 2. The van der Waals surface area contributed by atoms with E-state index in [0.29, 0.717) is 11.7 Å². The number of nitrogen functional groups attached to an aromatic ring is 1. The zero-order chi connectivity index (χ0) is 14.0. The fourth-order valence-corrected chi connectivity index (χ4v) is 1.95. The molecule has 0 aliphatic heterocycles. The van der Waals surface area contributed by atoms with E-state index in [0.717, 1.165) is 17.1 Å². The molecule has 0 saturated heterocycles. The molecular weight excluding hydrogens is 236 g/mol. The van der Waals surface area contributed by atoms with Crippen LogP contribution >= 0.6 is 0 Å². The molecule has 2 rings (SSSR count). The van der Waals surface area contributed by atoms with E-state index in [1.807, 2.05) is 18.2 Å². The van der Waals surface area contributed by atoms with Crippen molar-refractivity contribution in [2.24, 2.45) is 5.84 Å². The van der Waals surface area contributed by atoms with Crippen molar-refractivity contribution in [1.29, 1.82) is 0 Å². The standard InChI is InChI=1S/C15H20N4/c1-9(2)13-8-14(19-16)18-15(17-13)12-7-5-6-10(3)11(12)4/h5-9H,16H2,1-4H3,(H,17,18,19). The Hall–Kier alpha value is -1.94. The molecule has 0 saturated carbocycles. The highest BCUT2D eigenvalue weighted by Crippen LogP contribution is 2.25. The predicted octanol–water partition coefficient (Wildman–Crippen LogP) is 3.17. The Balaban J connectivity index is 2.61. The van der Waals surface area contributed by atoms with Gasteiger partial charge in [-0.1, -0.05) is 32.0 Å². The number of hydrazine groups is 1. The number of benzene rings is 1. The number of rotatable bonds is 3. The highest BCUT2D eigenvalue weighted by atomic mass is 15.3. The lowest BCUT2D eigenvalue weighted by atomic mass is 10.0. The van der Waals surface area contributed by atoms with Crippen LogP contribution in [-0.4, -0.2) is 9.97 Å². The maximum atomic E-state index is 5.49. The van der Waals surface area contributed by atoms with Crippen molar-refractivity contribution >= 4 is 5.82 Å². The van der Waals surface area contributed by atoms with Crippen LogP contribution in [0.25, 0.3) is 11.4 Å². The molecule has 0 bridgehead atoms. The van der Waals surface area contributed by atoms with Crippen LogP contribution in [0.4, 0.5) is 5.82 Å². The maximum absolute atomic E-state index is 5.49. The summed E-state index contributed by atoms with van der Waals surface area (Å²) in [6.45, 7) is 8.39. The molecule has 19 heavy (non-hydrogen) atoms. The third kappa shape index (κ3) is 2.74. The monoisotopic (exact) mass is 256 g/mol. The lowest BCUT2D eigenvalue weighted by Crippen LogP contribution is -2.11. The zero-order valence-electron chi connectivity index (χ0n) is 11.9. The van der Waals surface area contributed by atoms with Crippen molar-refractivity contribution in [1.82, 2.24) is 9.97 Å². The van der Waals surface area contributed by atoms with Crippen molar-refractivity contribution in [3.63, 3.8) is 0 Å². The van der Waals surface area contributed by atoms with Crippen molar-refractivity contribution in [3.8, 4) is 11.4 Å². The van der Waals surface area contributed by atoms with Crippen LogP contribution < -0.4 is 11.3 Å². The van der Waals surface area contributed by atoms with E-state index in [9.17, 15) is 0 Å². The molecule has 0 amide bonds. The molecule has 0 aliphatic carbocycles. The fraction of sp³-hybridized carbons (Fsp3) is 0.333. The quantitative estimate of drug-likeness (QED) is 0.654. The maximum Gasteiger partial charge on any atom is 0.162 e. The van der Waals surface area contributed by atoms with E-state index in [1.165, 1.54) is 11.1 Å². The summed E-state index contributed by atoms with van der Waals surface area (Å²) in [6, 6.07) is 8.05. The second kappa shape index (κ2) is 5.36. The molecule has 0 fully saturated rings. The summed E-state index contributed by atoms with van der Waals surface area (Å²) in [4.78, 5) is 9.11. The molecule has 0 atom stereocenters. The first-order valence-electron chi connectivity index (χ1n) is 6.45.